The van der Waals surface area contributed by atoms with Crippen LogP contribution in [0.1, 0.15) is 41.8 Å². The average Bonchev–Trinajstić information content (AvgIpc) is 3.07. The van der Waals surface area contributed by atoms with Gasteiger partial charge in [0, 0.05) is 17.1 Å². The number of carboxylic acids is 1. The minimum atomic E-state index is -0.970. The van der Waals surface area contributed by atoms with Crippen molar-refractivity contribution >= 4 is 17.0 Å². The molecule has 140 valence electrons. The van der Waals surface area contributed by atoms with Gasteiger partial charge in [0.2, 0.25) is 0 Å². The molecular weight excluding hydrogens is 346 g/mol. The second-order valence-corrected chi connectivity index (χ2v) is 7.14. The SMILES string of the molecule is CC1CC(OCC(O)c2cnc3c(cnn3-c3ccc(C(=O)O)cc3)c2)C1. The van der Waals surface area contributed by atoms with Crippen molar-refractivity contribution in [2.75, 3.05) is 6.61 Å². The largest absolute Gasteiger partial charge is 0.478 e. The molecule has 27 heavy (non-hydrogen) atoms. The van der Waals surface area contributed by atoms with Crippen LogP contribution < -0.4 is 0 Å². The molecule has 1 fully saturated rings. The molecule has 0 radical (unpaired) electrons. The summed E-state index contributed by atoms with van der Waals surface area (Å²) in [6, 6.07) is 8.29. The molecule has 1 aliphatic carbocycles. The Morgan fingerprint density at radius 1 is 1.30 bits per heavy atom. The summed E-state index contributed by atoms with van der Waals surface area (Å²) in [5, 5.41) is 24.5. The van der Waals surface area contributed by atoms with Gasteiger partial charge in [-0.05, 0) is 49.1 Å². The molecule has 0 bridgehead atoms. The van der Waals surface area contributed by atoms with Gasteiger partial charge < -0.3 is 14.9 Å². The van der Waals surface area contributed by atoms with E-state index in [1.807, 2.05) is 6.07 Å². The Balaban J connectivity index is 1.51. The predicted octanol–water partition coefficient (Wildman–Crippen LogP) is 2.97. The number of hydrogen-bond donors (Lipinski definition) is 2. The average molecular weight is 367 g/mol. The predicted molar refractivity (Wildman–Crippen MR) is 98.9 cm³/mol. The van der Waals surface area contributed by atoms with E-state index in [4.69, 9.17) is 9.84 Å². The Kier molecular flexibility index (Phi) is 4.63. The quantitative estimate of drug-likeness (QED) is 0.695. The number of aliphatic hydroxyl groups is 1. The molecule has 1 aliphatic rings. The molecule has 2 aromatic heterocycles. The lowest BCUT2D eigenvalue weighted by Gasteiger charge is -2.33. The second-order valence-electron chi connectivity index (χ2n) is 7.14. The van der Waals surface area contributed by atoms with Crippen molar-refractivity contribution in [2.24, 2.45) is 5.92 Å². The molecule has 0 saturated heterocycles. The Labute approximate surface area is 156 Å². The Bertz CT molecular complexity index is 961. The number of rotatable bonds is 6. The fraction of sp³-hybridized carbons (Fsp3) is 0.350. The second kappa shape index (κ2) is 7.09. The van der Waals surface area contributed by atoms with E-state index in [1.54, 1.807) is 29.2 Å². The van der Waals surface area contributed by atoms with Gasteiger partial charge in [0.25, 0.3) is 0 Å². The van der Waals surface area contributed by atoms with Gasteiger partial charge in [0.05, 0.1) is 30.2 Å². The minimum absolute atomic E-state index is 0.217. The molecule has 3 aromatic rings. The third-order valence-corrected chi connectivity index (χ3v) is 4.99. The molecule has 1 aromatic carbocycles. The molecule has 1 saturated carbocycles. The third kappa shape index (κ3) is 3.56. The van der Waals surface area contributed by atoms with Crippen molar-refractivity contribution in [1.82, 2.24) is 14.8 Å². The van der Waals surface area contributed by atoms with E-state index in [9.17, 15) is 9.90 Å². The molecule has 7 heteroatoms. The van der Waals surface area contributed by atoms with E-state index in [0.29, 0.717) is 17.1 Å². The zero-order chi connectivity index (χ0) is 19.0. The molecule has 0 spiro atoms. The van der Waals surface area contributed by atoms with Crippen LogP contribution in [0, 0.1) is 5.92 Å². The first-order valence-electron chi connectivity index (χ1n) is 8.98. The Morgan fingerprint density at radius 2 is 2.04 bits per heavy atom. The zero-order valence-electron chi connectivity index (χ0n) is 14.9. The fourth-order valence-electron chi connectivity index (χ4n) is 3.34. The summed E-state index contributed by atoms with van der Waals surface area (Å²) < 4.78 is 7.38. The summed E-state index contributed by atoms with van der Waals surface area (Å²) in [5.74, 6) is -0.261. The number of aliphatic hydroxyl groups excluding tert-OH is 1. The number of fused-ring (bicyclic) bond motifs is 1. The van der Waals surface area contributed by atoms with Crippen LogP contribution in [0.5, 0.6) is 0 Å². The highest BCUT2D eigenvalue weighted by Gasteiger charge is 2.26. The van der Waals surface area contributed by atoms with Crippen molar-refractivity contribution < 1.29 is 19.7 Å². The molecule has 7 nitrogen and oxygen atoms in total. The summed E-state index contributed by atoms with van der Waals surface area (Å²) in [6.45, 7) is 2.45. The van der Waals surface area contributed by atoms with Gasteiger partial charge >= 0.3 is 5.97 Å². The van der Waals surface area contributed by atoms with Gasteiger partial charge in [0.15, 0.2) is 5.65 Å². The smallest absolute Gasteiger partial charge is 0.335 e. The first-order valence-corrected chi connectivity index (χ1v) is 8.98. The molecule has 1 unspecified atom stereocenters. The zero-order valence-corrected chi connectivity index (χ0v) is 14.9. The van der Waals surface area contributed by atoms with E-state index >= 15 is 0 Å². The highest BCUT2D eigenvalue weighted by atomic mass is 16.5. The van der Waals surface area contributed by atoms with Crippen LogP contribution in [0.15, 0.2) is 42.7 Å². The first-order chi connectivity index (χ1) is 13.0. The van der Waals surface area contributed by atoms with E-state index in [0.717, 1.165) is 23.9 Å². The lowest BCUT2D eigenvalue weighted by atomic mass is 9.84. The lowest BCUT2D eigenvalue weighted by molar-refractivity contribution is -0.0616. The van der Waals surface area contributed by atoms with Gasteiger partial charge in [0.1, 0.15) is 6.10 Å². The van der Waals surface area contributed by atoms with Crippen molar-refractivity contribution in [3.63, 3.8) is 0 Å². The number of ether oxygens (including phenoxy) is 1. The van der Waals surface area contributed by atoms with Crippen LogP contribution in [0.4, 0.5) is 0 Å². The molecule has 1 atom stereocenters. The van der Waals surface area contributed by atoms with Crippen LogP contribution in [0.3, 0.4) is 0 Å². The molecule has 0 aliphatic heterocycles. The van der Waals surface area contributed by atoms with Crippen LogP contribution >= 0.6 is 0 Å². The molecule has 0 amide bonds. The minimum Gasteiger partial charge on any atom is -0.478 e. The van der Waals surface area contributed by atoms with Crippen molar-refractivity contribution in [1.29, 1.82) is 0 Å². The van der Waals surface area contributed by atoms with Crippen LogP contribution in [-0.4, -0.2) is 43.7 Å². The van der Waals surface area contributed by atoms with Gasteiger partial charge in [-0.1, -0.05) is 6.92 Å². The summed E-state index contributed by atoms with van der Waals surface area (Å²) in [4.78, 5) is 15.4. The molecule has 4 rings (SSSR count). The number of carboxylic acid groups (broad SMARTS) is 1. The standard InChI is InChI=1S/C20H21N3O4/c1-12-6-17(7-12)27-11-18(24)14-8-15-10-22-23(19(15)21-9-14)16-4-2-13(3-5-16)20(25)26/h2-5,8-10,12,17-18,24H,6-7,11H2,1H3,(H,25,26). The van der Waals surface area contributed by atoms with Crippen LogP contribution in [-0.2, 0) is 4.74 Å². The normalized spacial score (nSPS) is 20.4. The molecule has 2 heterocycles. The fourth-order valence-corrected chi connectivity index (χ4v) is 3.34. The maximum absolute atomic E-state index is 11.0. The summed E-state index contributed by atoms with van der Waals surface area (Å²) >= 11 is 0. The third-order valence-electron chi connectivity index (χ3n) is 4.99. The number of aromatic nitrogens is 3. The number of nitrogens with zero attached hydrogens (tertiary/aromatic N) is 3. The highest BCUT2D eigenvalue weighted by molar-refractivity contribution is 5.87. The number of pyridine rings is 1. The highest BCUT2D eigenvalue weighted by Crippen LogP contribution is 2.30. The molecular formula is C20H21N3O4. The van der Waals surface area contributed by atoms with Crippen LogP contribution in [0.25, 0.3) is 16.7 Å². The van der Waals surface area contributed by atoms with Crippen molar-refractivity contribution in [3.05, 3.63) is 53.9 Å². The van der Waals surface area contributed by atoms with Gasteiger partial charge in [-0.15, -0.1) is 0 Å². The summed E-state index contributed by atoms with van der Waals surface area (Å²) in [5.41, 5.74) is 2.27. The van der Waals surface area contributed by atoms with Crippen LogP contribution in [0.2, 0.25) is 0 Å². The van der Waals surface area contributed by atoms with E-state index < -0.39 is 12.1 Å². The summed E-state index contributed by atoms with van der Waals surface area (Å²) in [6.07, 6.45) is 4.94. The van der Waals surface area contributed by atoms with E-state index in [2.05, 4.69) is 17.0 Å². The number of benzene rings is 1. The number of aromatic carboxylic acids is 1. The Morgan fingerprint density at radius 3 is 2.70 bits per heavy atom. The maximum atomic E-state index is 11.0. The van der Waals surface area contributed by atoms with Gasteiger partial charge in [-0.2, -0.15) is 5.10 Å². The molecule has 2 N–H and O–H groups in total. The maximum Gasteiger partial charge on any atom is 0.335 e. The van der Waals surface area contributed by atoms with Crippen molar-refractivity contribution in [3.8, 4) is 5.69 Å². The lowest BCUT2D eigenvalue weighted by Crippen LogP contribution is -2.30. The van der Waals surface area contributed by atoms with Gasteiger partial charge in [-0.25, -0.2) is 14.5 Å². The Hall–Kier alpha value is -2.77. The topological polar surface area (TPSA) is 97.5 Å². The van der Waals surface area contributed by atoms with E-state index in [-0.39, 0.29) is 18.3 Å². The number of hydrogen-bond acceptors (Lipinski definition) is 5. The summed E-state index contributed by atoms with van der Waals surface area (Å²) in [7, 11) is 0. The van der Waals surface area contributed by atoms with Crippen molar-refractivity contribution in [2.45, 2.75) is 32.0 Å². The first kappa shape index (κ1) is 17.6. The monoisotopic (exact) mass is 367 g/mol. The van der Waals surface area contributed by atoms with E-state index in [1.165, 1.54) is 12.1 Å². The van der Waals surface area contributed by atoms with Gasteiger partial charge in [-0.3, -0.25) is 0 Å². The number of carbonyl (C=O) groups is 1.